The largest absolute Gasteiger partial charge is 0.376 e. The topological polar surface area (TPSA) is 38.8 Å². The van der Waals surface area contributed by atoms with E-state index in [0.717, 1.165) is 6.92 Å². The van der Waals surface area contributed by atoms with Gasteiger partial charge < -0.3 is 14.4 Å². The maximum absolute atomic E-state index is 13.9. The number of ether oxygens (including phenoxy) is 2. The first-order valence-corrected chi connectivity index (χ1v) is 7.97. The molecule has 4 nitrogen and oxygen atoms in total. The van der Waals surface area contributed by atoms with Gasteiger partial charge in [-0.05, 0) is 18.6 Å². The maximum atomic E-state index is 13.9. The third-order valence-corrected chi connectivity index (χ3v) is 4.07. The van der Waals surface area contributed by atoms with Gasteiger partial charge in [0.2, 0.25) is 5.91 Å². The lowest BCUT2D eigenvalue weighted by Crippen LogP contribution is -2.46. The molecular formula is C18H23F2NO3. The Kier molecular flexibility index (Phi) is 6.07. The zero-order valence-electron chi connectivity index (χ0n) is 14.0. The van der Waals surface area contributed by atoms with E-state index in [2.05, 4.69) is 6.58 Å². The van der Waals surface area contributed by atoms with Crippen LogP contribution < -0.4 is 0 Å². The Labute approximate surface area is 141 Å². The number of alkyl halides is 2. The molecule has 2 rings (SSSR count). The van der Waals surface area contributed by atoms with Gasteiger partial charge in [0.25, 0.3) is 5.92 Å². The smallest absolute Gasteiger partial charge is 0.270 e. The lowest BCUT2D eigenvalue weighted by Gasteiger charge is -2.32. The first-order valence-electron chi connectivity index (χ1n) is 7.97. The third-order valence-electron chi connectivity index (χ3n) is 4.07. The van der Waals surface area contributed by atoms with Gasteiger partial charge in [-0.2, -0.15) is 0 Å². The molecule has 2 atom stereocenters. The fraction of sp³-hybridized carbons (Fsp3) is 0.500. The molecule has 1 fully saturated rings. The van der Waals surface area contributed by atoms with Crippen molar-refractivity contribution in [3.05, 3.63) is 48.0 Å². The summed E-state index contributed by atoms with van der Waals surface area (Å²) in [6.07, 6.45) is 0.918. The number of halogens is 2. The van der Waals surface area contributed by atoms with Crippen molar-refractivity contribution in [2.75, 3.05) is 19.8 Å². The van der Waals surface area contributed by atoms with E-state index >= 15 is 0 Å². The molecule has 0 unspecified atom stereocenters. The van der Waals surface area contributed by atoms with E-state index in [9.17, 15) is 13.6 Å². The molecule has 1 aromatic rings. The average Bonchev–Trinajstić information content (AvgIpc) is 2.99. The quantitative estimate of drug-likeness (QED) is 0.717. The van der Waals surface area contributed by atoms with E-state index in [-0.39, 0.29) is 30.2 Å². The Balaban J connectivity index is 2.31. The van der Waals surface area contributed by atoms with E-state index in [0.29, 0.717) is 25.4 Å². The van der Waals surface area contributed by atoms with Gasteiger partial charge in [0, 0.05) is 25.6 Å². The molecule has 132 valence electrons. The van der Waals surface area contributed by atoms with Crippen molar-refractivity contribution < 1.29 is 23.0 Å². The monoisotopic (exact) mass is 339 g/mol. The molecule has 0 radical (unpaired) electrons. The summed E-state index contributed by atoms with van der Waals surface area (Å²) >= 11 is 0. The Hall–Kier alpha value is -1.79. The average molecular weight is 339 g/mol. The molecular weight excluding hydrogens is 316 g/mol. The van der Waals surface area contributed by atoms with Crippen molar-refractivity contribution in [1.82, 2.24) is 4.90 Å². The highest BCUT2D eigenvalue weighted by atomic mass is 19.3. The van der Waals surface area contributed by atoms with Crippen molar-refractivity contribution in [3.63, 3.8) is 0 Å². The summed E-state index contributed by atoms with van der Waals surface area (Å²) in [5.41, 5.74) is 0.320. The predicted molar refractivity (Wildman–Crippen MR) is 86.8 cm³/mol. The normalized spacial score (nSPS) is 20.8. The number of nitrogens with zero attached hydrogens (tertiary/aromatic N) is 1. The molecule has 0 aromatic heterocycles. The van der Waals surface area contributed by atoms with Gasteiger partial charge in [-0.1, -0.05) is 30.8 Å². The summed E-state index contributed by atoms with van der Waals surface area (Å²) in [7, 11) is 0. The zero-order chi connectivity index (χ0) is 17.7. The zero-order valence-corrected chi connectivity index (χ0v) is 14.0. The fourth-order valence-electron chi connectivity index (χ4n) is 2.93. The van der Waals surface area contributed by atoms with Crippen LogP contribution in [0.4, 0.5) is 8.78 Å². The second-order valence-electron chi connectivity index (χ2n) is 5.81. The highest BCUT2D eigenvalue weighted by molar-refractivity contribution is 5.87. The predicted octanol–water partition coefficient (Wildman–Crippen LogP) is 3.12. The highest BCUT2D eigenvalue weighted by Crippen LogP contribution is 2.31. The van der Waals surface area contributed by atoms with E-state index in [1.165, 1.54) is 17.0 Å². The number of benzene rings is 1. The molecule has 24 heavy (non-hydrogen) atoms. The van der Waals surface area contributed by atoms with Crippen LogP contribution in [0, 0.1) is 0 Å². The number of rotatable bonds is 7. The molecule has 1 amide bonds. The molecule has 6 heteroatoms. The fourth-order valence-corrected chi connectivity index (χ4v) is 2.93. The molecule has 0 N–H and O–H groups in total. The van der Waals surface area contributed by atoms with Gasteiger partial charge in [0.05, 0.1) is 19.3 Å². The first kappa shape index (κ1) is 18.5. The maximum Gasteiger partial charge on any atom is 0.270 e. The van der Waals surface area contributed by atoms with Crippen LogP contribution in [-0.2, 0) is 26.7 Å². The van der Waals surface area contributed by atoms with Crippen LogP contribution in [0.2, 0.25) is 0 Å². The van der Waals surface area contributed by atoms with Gasteiger partial charge in [0.1, 0.15) is 6.10 Å². The standard InChI is InChI=1S/C18H23F2NO3/c1-4-17(22)21(15-11-23-12-16(15)24-5-2)10-13-8-6-7-9-14(13)18(3,19)20/h4,6-9,15-16H,1,5,10-12H2,2-3H3/t15-,16-/m1/s1. The molecule has 0 aliphatic carbocycles. The Bertz CT molecular complexity index is 586. The van der Waals surface area contributed by atoms with Crippen LogP contribution in [-0.4, -0.2) is 42.8 Å². The highest BCUT2D eigenvalue weighted by Gasteiger charge is 2.37. The number of hydrogen-bond donors (Lipinski definition) is 0. The van der Waals surface area contributed by atoms with E-state index in [1.54, 1.807) is 18.2 Å². The van der Waals surface area contributed by atoms with Gasteiger partial charge >= 0.3 is 0 Å². The molecule has 0 spiro atoms. The summed E-state index contributed by atoms with van der Waals surface area (Å²) in [5.74, 6) is -3.31. The minimum absolute atomic E-state index is 0.0576. The van der Waals surface area contributed by atoms with Crippen molar-refractivity contribution in [2.45, 2.75) is 38.5 Å². The lowest BCUT2D eigenvalue weighted by molar-refractivity contribution is -0.131. The van der Waals surface area contributed by atoms with Crippen LogP contribution in [0.1, 0.15) is 25.0 Å². The summed E-state index contributed by atoms with van der Waals surface area (Å²) in [6, 6.07) is 5.93. The van der Waals surface area contributed by atoms with Crippen LogP contribution in [0.15, 0.2) is 36.9 Å². The summed E-state index contributed by atoms with van der Waals surface area (Å²) < 4.78 is 38.8. The number of amides is 1. The van der Waals surface area contributed by atoms with Crippen molar-refractivity contribution in [3.8, 4) is 0 Å². The summed E-state index contributed by atoms with van der Waals surface area (Å²) in [5, 5.41) is 0. The molecule has 1 saturated heterocycles. The van der Waals surface area contributed by atoms with Crippen LogP contribution in [0.25, 0.3) is 0 Å². The first-order chi connectivity index (χ1) is 11.4. The molecule has 1 aromatic carbocycles. The number of carbonyl (C=O) groups is 1. The Morgan fingerprint density at radius 3 is 2.79 bits per heavy atom. The SMILES string of the molecule is C=CC(=O)N(Cc1ccccc1C(C)(F)F)[C@@H]1COC[C@H]1OCC. The molecule has 1 heterocycles. The number of hydrogen-bond acceptors (Lipinski definition) is 3. The van der Waals surface area contributed by atoms with E-state index < -0.39 is 5.92 Å². The van der Waals surface area contributed by atoms with Crippen LogP contribution >= 0.6 is 0 Å². The van der Waals surface area contributed by atoms with Crippen LogP contribution in [0.5, 0.6) is 0 Å². The minimum Gasteiger partial charge on any atom is -0.376 e. The van der Waals surface area contributed by atoms with Crippen molar-refractivity contribution in [2.24, 2.45) is 0 Å². The third kappa shape index (κ3) is 4.19. The second-order valence-corrected chi connectivity index (χ2v) is 5.81. The van der Waals surface area contributed by atoms with Gasteiger partial charge in [0.15, 0.2) is 0 Å². The van der Waals surface area contributed by atoms with Crippen molar-refractivity contribution in [1.29, 1.82) is 0 Å². The lowest BCUT2D eigenvalue weighted by atomic mass is 10.0. The van der Waals surface area contributed by atoms with E-state index in [4.69, 9.17) is 9.47 Å². The van der Waals surface area contributed by atoms with Gasteiger partial charge in [-0.3, -0.25) is 4.79 Å². The molecule has 1 aliphatic rings. The van der Waals surface area contributed by atoms with Crippen molar-refractivity contribution >= 4 is 5.91 Å². The van der Waals surface area contributed by atoms with E-state index in [1.807, 2.05) is 6.92 Å². The molecule has 0 bridgehead atoms. The van der Waals surface area contributed by atoms with Gasteiger partial charge in [-0.15, -0.1) is 0 Å². The summed E-state index contributed by atoms with van der Waals surface area (Å²) in [6.45, 7) is 7.48. The second kappa shape index (κ2) is 7.85. The number of carbonyl (C=O) groups excluding carboxylic acids is 1. The molecule has 0 saturated carbocycles. The minimum atomic E-state index is -2.98. The molecule has 1 aliphatic heterocycles. The van der Waals surface area contributed by atoms with Gasteiger partial charge in [-0.25, -0.2) is 8.78 Å². The van der Waals surface area contributed by atoms with Crippen LogP contribution in [0.3, 0.4) is 0 Å². The Morgan fingerprint density at radius 2 is 2.17 bits per heavy atom. The summed E-state index contributed by atoms with van der Waals surface area (Å²) in [4.78, 5) is 13.8. The Morgan fingerprint density at radius 1 is 1.46 bits per heavy atom.